The summed E-state index contributed by atoms with van der Waals surface area (Å²) in [5, 5.41) is 0. The third-order valence-corrected chi connectivity index (χ3v) is 10.3. The van der Waals surface area contributed by atoms with Gasteiger partial charge in [-0.3, -0.25) is 0 Å². The maximum absolute atomic E-state index is 16.3. The van der Waals surface area contributed by atoms with Crippen molar-refractivity contribution in [2.75, 3.05) is 39.3 Å². The van der Waals surface area contributed by atoms with E-state index in [-0.39, 0.29) is 29.5 Å². The fraction of sp³-hybridized carbons (Fsp3) is 0.526. The SMILES string of the molecule is COc1cc(N2CCC3(CC2)CC(C(OC)OC)C3)c(F)cc1C1c2ccc(OC(C)(C)C)cc2CC[C@@H]1c1ccccc1. The standard InChI is InChI=1S/C38H48FNO4/c1-37(2,3)44-28-13-15-30-26(20-28)12-14-29(25-10-8-7-9-11-25)35(30)31-21-32(39)33(22-34(31)41-4)40-18-16-38(17-19-40)23-27(24-38)36(42-5)43-6/h7-11,13,15,20-22,27,29,35-36H,12,14,16-19,23-24H2,1-6H3/t29-,35?/m1/s1. The molecule has 2 atom stereocenters. The number of piperidine rings is 1. The minimum absolute atomic E-state index is 0.0330. The first kappa shape index (κ1) is 30.9. The molecule has 0 amide bonds. The van der Waals surface area contributed by atoms with Crippen molar-refractivity contribution < 1.29 is 23.3 Å². The van der Waals surface area contributed by atoms with Crippen molar-refractivity contribution in [1.29, 1.82) is 0 Å². The van der Waals surface area contributed by atoms with E-state index in [2.05, 4.69) is 74.2 Å². The van der Waals surface area contributed by atoms with Crippen LogP contribution in [-0.4, -0.2) is 46.3 Å². The zero-order valence-corrected chi connectivity index (χ0v) is 27.2. The van der Waals surface area contributed by atoms with E-state index in [0.29, 0.717) is 17.0 Å². The maximum Gasteiger partial charge on any atom is 0.159 e. The fourth-order valence-electron chi connectivity index (χ4n) is 8.23. The molecule has 0 N–H and O–H groups in total. The number of halogens is 1. The minimum atomic E-state index is -0.276. The summed E-state index contributed by atoms with van der Waals surface area (Å²) >= 11 is 0. The largest absolute Gasteiger partial charge is 0.496 e. The summed E-state index contributed by atoms with van der Waals surface area (Å²) in [4.78, 5) is 2.21. The van der Waals surface area contributed by atoms with Crippen LogP contribution in [0.15, 0.2) is 60.7 Å². The topological polar surface area (TPSA) is 40.2 Å². The Hall–Kier alpha value is -3.09. The van der Waals surface area contributed by atoms with Crippen molar-refractivity contribution in [3.8, 4) is 11.5 Å². The van der Waals surface area contributed by atoms with E-state index >= 15 is 4.39 Å². The van der Waals surface area contributed by atoms with Gasteiger partial charge in [-0.1, -0.05) is 36.4 Å². The fourth-order valence-corrected chi connectivity index (χ4v) is 8.23. The molecule has 1 aliphatic heterocycles. The lowest BCUT2D eigenvalue weighted by Crippen LogP contribution is -2.50. The highest BCUT2D eigenvalue weighted by Gasteiger charge is 2.49. The summed E-state index contributed by atoms with van der Waals surface area (Å²) in [5.41, 5.74) is 5.36. The van der Waals surface area contributed by atoms with Gasteiger partial charge in [0.1, 0.15) is 22.9 Å². The van der Waals surface area contributed by atoms with Crippen LogP contribution in [0.3, 0.4) is 0 Å². The van der Waals surface area contributed by atoms with Crippen molar-refractivity contribution >= 4 is 5.69 Å². The van der Waals surface area contributed by atoms with Crippen LogP contribution in [0.2, 0.25) is 0 Å². The summed E-state index contributed by atoms with van der Waals surface area (Å²) in [5.74, 6) is 2.08. The maximum atomic E-state index is 16.3. The van der Waals surface area contributed by atoms with Crippen LogP contribution in [0, 0.1) is 17.2 Å². The summed E-state index contributed by atoms with van der Waals surface area (Å²) in [7, 11) is 5.15. The first-order valence-corrected chi connectivity index (χ1v) is 16.2. The van der Waals surface area contributed by atoms with Crippen LogP contribution in [0.1, 0.15) is 87.0 Å². The predicted octanol–water partition coefficient (Wildman–Crippen LogP) is 8.49. The number of methoxy groups -OCH3 is 3. The summed E-state index contributed by atoms with van der Waals surface area (Å²) in [6.07, 6.45) is 6.12. The molecule has 44 heavy (non-hydrogen) atoms. The van der Waals surface area contributed by atoms with Gasteiger partial charge in [0.15, 0.2) is 6.29 Å². The zero-order valence-electron chi connectivity index (χ0n) is 27.2. The van der Waals surface area contributed by atoms with Crippen LogP contribution < -0.4 is 14.4 Å². The molecule has 6 heteroatoms. The Morgan fingerprint density at radius 3 is 2.23 bits per heavy atom. The number of aryl methyl sites for hydroxylation is 1. The number of hydrogen-bond acceptors (Lipinski definition) is 5. The molecule has 236 valence electrons. The van der Waals surface area contributed by atoms with E-state index in [1.54, 1.807) is 27.4 Å². The molecule has 2 fully saturated rings. The molecule has 1 heterocycles. The lowest BCUT2D eigenvalue weighted by atomic mass is 9.57. The van der Waals surface area contributed by atoms with Crippen molar-refractivity contribution in [2.45, 2.75) is 83.0 Å². The van der Waals surface area contributed by atoms with E-state index in [4.69, 9.17) is 18.9 Å². The Morgan fingerprint density at radius 1 is 0.886 bits per heavy atom. The number of fused-ring (bicyclic) bond motifs is 1. The Labute approximate surface area is 262 Å². The Balaban J connectivity index is 1.30. The van der Waals surface area contributed by atoms with Gasteiger partial charge in [0, 0.05) is 50.8 Å². The van der Waals surface area contributed by atoms with Gasteiger partial charge in [-0.15, -0.1) is 0 Å². The van der Waals surface area contributed by atoms with Crippen molar-refractivity contribution in [3.05, 3.63) is 88.7 Å². The third kappa shape index (κ3) is 6.08. The molecule has 0 aromatic heterocycles. The van der Waals surface area contributed by atoms with E-state index in [0.717, 1.165) is 68.7 Å². The minimum Gasteiger partial charge on any atom is -0.496 e. The van der Waals surface area contributed by atoms with Gasteiger partial charge in [0.05, 0.1) is 12.8 Å². The average Bonchev–Trinajstić information content (AvgIpc) is 3.00. The zero-order chi connectivity index (χ0) is 31.1. The van der Waals surface area contributed by atoms with Gasteiger partial charge >= 0.3 is 0 Å². The number of rotatable bonds is 8. The van der Waals surface area contributed by atoms with Crippen LogP contribution in [0.4, 0.5) is 10.1 Å². The molecule has 1 unspecified atom stereocenters. The van der Waals surface area contributed by atoms with E-state index in [1.807, 2.05) is 6.07 Å². The highest BCUT2D eigenvalue weighted by molar-refractivity contribution is 5.59. The van der Waals surface area contributed by atoms with Crippen LogP contribution in [0.5, 0.6) is 11.5 Å². The van der Waals surface area contributed by atoms with Gasteiger partial charge in [-0.25, -0.2) is 4.39 Å². The predicted molar refractivity (Wildman–Crippen MR) is 174 cm³/mol. The summed E-state index contributed by atoms with van der Waals surface area (Å²) in [6, 6.07) is 20.8. The molecule has 1 saturated heterocycles. The molecule has 2 aliphatic carbocycles. The second kappa shape index (κ2) is 12.4. The number of hydrogen-bond donors (Lipinski definition) is 0. The molecule has 1 spiro atoms. The van der Waals surface area contributed by atoms with Gasteiger partial charge in [0.25, 0.3) is 0 Å². The molecule has 6 rings (SSSR count). The number of ether oxygens (including phenoxy) is 4. The number of nitrogens with zero attached hydrogens (tertiary/aromatic N) is 1. The first-order valence-electron chi connectivity index (χ1n) is 16.2. The number of anilines is 1. The second-order valence-electron chi connectivity index (χ2n) is 14.1. The molecule has 3 aliphatic rings. The molecular weight excluding hydrogens is 553 g/mol. The monoisotopic (exact) mass is 601 g/mol. The third-order valence-electron chi connectivity index (χ3n) is 10.3. The highest BCUT2D eigenvalue weighted by atomic mass is 19.1. The summed E-state index contributed by atoms with van der Waals surface area (Å²) < 4.78 is 39.6. The molecule has 3 aromatic rings. The Bertz CT molecular complexity index is 1430. The van der Waals surface area contributed by atoms with Crippen molar-refractivity contribution in [2.24, 2.45) is 11.3 Å². The average molecular weight is 602 g/mol. The molecule has 0 bridgehead atoms. The molecule has 5 nitrogen and oxygen atoms in total. The van der Waals surface area contributed by atoms with Gasteiger partial charge in [-0.05, 0) is 106 Å². The van der Waals surface area contributed by atoms with E-state index < -0.39 is 0 Å². The van der Waals surface area contributed by atoms with Crippen molar-refractivity contribution in [1.82, 2.24) is 0 Å². The molecular formula is C38H48FNO4. The van der Waals surface area contributed by atoms with Gasteiger partial charge in [0.2, 0.25) is 0 Å². The van der Waals surface area contributed by atoms with Gasteiger partial charge in [-0.2, -0.15) is 0 Å². The number of benzene rings is 3. The quantitative estimate of drug-likeness (QED) is 0.242. The van der Waals surface area contributed by atoms with Crippen LogP contribution in [-0.2, 0) is 15.9 Å². The van der Waals surface area contributed by atoms with Crippen LogP contribution in [0.25, 0.3) is 0 Å². The van der Waals surface area contributed by atoms with E-state index in [1.165, 1.54) is 16.7 Å². The summed E-state index contributed by atoms with van der Waals surface area (Å²) in [6.45, 7) is 7.88. The Kier molecular flexibility index (Phi) is 8.69. The van der Waals surface area contributed by atoms with Crippen molar-refractivity contribution in [3.63, 3.8) is 0 Å². The lowest BCUT2D eigenvalue weighted by Gasteiger charge is -2.54. The molecule has 1 saturated carbocycles. The highest BCUT2D eigenvalue weighted by Crippen LogP contribution is 2.55. The second-order valence-corrected chi connectivity index (χ2v) is 14.1. The smallest absolute Gasteiger partial charge is 0.159 e. The first-order chi connectivity index (χ1) is 21.1. The molecule has 0 radical (unpaired) electrons. The van der Waals surface area contributed by atoms with Crippen LogP contribution >= 0.6 is 0 Å². The Morgan fingerprint density at radius 2 is 1.59 bits per heavy atom. The lowest BCUT2D eigenvalue weighted by molar-refractivity contribution is -0.184. The van der Waals surface area contributed by atoms with Gasteiger partial charge < -0.3 is 23.8 Å². The normalized spacial score (nSPS) is 21.7. The molecule has 3 aromatic carbocycles. The van der Waals surface area contributed by atoms with E-state index in [9.17, 15) is 0 Å².